The van der Waals surface area contributed by atoms with E-state index in [1.807, 2.05) is 0 Å². The molecule has 0 aliphatic heterocycles. The lowest BCUT2D eigenvalue weighted by Crippen LogP contribution is -1.99. The predicted octanol–water partition coefficient (Wildman–Crippen LogP) is 2.25. The molecular formula is C11H9BrN2O3. The summed E-state index contributed by atoms with van der Waals surface area (Å²) in [6, 6.07) is 6.43. The summed E-state index contributed by atoms with van der Waals surface area (Å²) >= 11 is 3.21. The molecule has 17 heavy (non-hydrogen) atoms. The number of rotatable bonds is 2. The quantitative estimate of drug-likeness (QED) is 0.891. The number of aromatic hydroxyl groups is 1. The Bertz CT molecular complexity index is 592. The average molecular weight is 297 g/mol. The minimum atomic E-state index is -1.07. The van der Waals surface area contributed by atoms with Crippen molar-refractivity contribution < 1.29 is 15.0 Å². The third-order valence-corrected chi connectivity index (χ3v) is 2.98. The standard InChI is InChI=1S/C11H9BrN2O3/c1-14-9(5-8(13-14)11(16)17)6-2-3-10(15)7(12)4-6/h2-5,15H,1H3,(H,16,17). The molecule has 5 nitrogen and oxygen atoms in total. The number of aromatic nitrogens is 2. The summed E-state index contributed by atoms with van der Waals surface area (Å²) in [4.78, 5) is 10.8. The van der Waals surface area contributed by atoms with Crippen molar-refractivity contribution in [2.24, 2.45) is 7.05 Å². The van der Waals surface area contributed by atoms with Crippen LogP contribution in [0.2, 0.25) is 0 Å². The van der Waals surface area contributed by atoms with Crippen molar-refractivity contribution >= 4 is 21.9 Å². The lowest BCUT2D eigenvalue weighted by molar-refractivity contribution is 0.0689. The van der Waals surface area contributed by atoms with Gasteiger partial charge in [0.25, 0.3) is 0 Å². The Labute approximate surface area is 105 Å². The first kappa shape index (κ1) is 11.7. The Morgan fingerprint density at radius 3 is 2.65 bits per heavy atom. The van der Waals surface area contributed by atoms with Crippen LogP contribution in [0.25, 0.3) is 11.3 Å². The number of carbonyl (C=O) groups is 1. The first-order chi connectivity index (χ1) is 7.99. The van der Waals surface area contributed by atoms with Crippen LogP contribution in [-0.2, 0) is 7.05 Å². The summed E-state index contributed by atoms with van der Waals surface area (Å²) in [6.07, 6.45) is 0. The second-order valence-corrected chi connectivity index (χ2v) is 4.36. The zero-order valence-corrected chi connectivity index (χ0v) is 10.5. The van der Waals surface area contributed by atoms with Gasteiger partial charge in [-0.2, -0.15) is 5.10 Å². The van der Waals surface area contributed by atoms with E-state index in [0.29, 0.717) is 10.2 Å². The van der Waals surface area contributed by atoms with Gasteiger partial charge in [-0.05, 0) is 40.2 Å². The van der Waals surface area contributed by atoms with Crippen LogP contribution in [0.1, 0.15) is 10.5 Å². The maximum absolute atomic E-state index is 10.8. The SMILES string of the molecule is Cn1nc(C(=O)O)cc1-c1ccc(O)c(Br)c1. The molecule has 0 aliphatic carbocycles. The summed E-state index contributed by atoms with van der Waals surface area (Å²) in [7, 11) is 1.67. The topological polar surface area (TPSA) is 75.4 Å². The van der Waals surface area contributed by atoms with Gasteiger partial charge in [-0.1, -0.05) is 0 Å². The summed E-state index contributed by atoms with van der Waals surface area (Å²) in [5, 5.41) is 22.1. The second-order valence-electron chi connectivity index (χ2n) is 3.51. The number of hydrogen-bond donors (Lipinski definition) is 2. The Balaban J connectivity index is 2.52. The summed E-state index contributed by atoms with van der Waals surface area (Å²) in [5.41, 5.74) is 1.44. The molecule has 2 N–H and O–H groups in total. The molecule has 0 atom stereocenters. The van der Waals surface area contributed by atoms with Crippen molar-refractivity contribution in [1.82, 2.24) is 9.78 Å². The van der Waals surface area contributed by atoms with Crippen molar-refractivity contribution in [2.75, 3.05) is 0 Å². The molecule has 0 saturated carbocycles. The monoisotopic (exact) mass is 296 g/mol. The third-order valence-electron chi connectivity index (χ3n) is 2.34. The van der Waals surface area contributed by atoms with Gasteiger partial charge in [0.05, 0.1) is 10.2 Å². The number of aromatic carboxylic acids is 1. The second kappa shape index (κ2) is 4.21. The van der Waals surface area contributed by atoms with Crippen LogP contribution in [0.5, 0.6) is 5.75 Å². The molecule has 2 rings (SSSR count). The molecule has 0 bridgehead atoms. The van der Waals surface area contributed by atoms with E-state index in [-0.39, 0.29) is 11.4 Å². The number of hydrogen-bond acceptors (Lipinski definition) is 3. The van der Waals surface area contributed by atoms with Crippen molar-refractivity contribution in [3.63, 3.8) is 0 Å². The highest BCUT2D eigenvalue weighted by Gasteiger charge is 2.13. The van der Waals surface area contributed by atoms with Crippen LogP contribution in [0, 0.1) is 0 Å². The van der Waals surface area contributed by atoms with Gasteiger partial charge in [-0.3, -0.25) is 4.68 Å². The smallest absolute Gasteiger partial charge is 0.356 e. The van der Waals surface area contributed by atoms with Gasteiger partial charge in [0.15, 0.2) is 5.69 Å². The molecular weight excluding hydrogens is 288 g/mol. The van der Waals surface area contributed by atoms with E-state index in [4.69, 9.17) is 5.11 Å². The first-order valence-electron chi connectivity index (χ1n) is 4.75. The fourth-order valence-corrected chi connectivity index (χ4v) is 1.89. The van der Waals surface area contributed by atoms with Crippen LogP contribution in [0.4, 0.5) is 0 Å². The Kier molecular flexibility index (Phi) is 2.89. The molecule has 0 amide bonds. The third kappa shape index (κ3) is 2.16. The van der Waals surface area contributed by atoms with E-state index in [1.165, 1.54) is 16.8 Å². The normalized spacial score (nSPS) is 10.5. The Hall–Kier alpha value is -1.82. The summed E-state index contributed by atoms with van der Waals surface area (Å²) < 4.78 is 2.04. The van der Waals surface area contributed by atoms with E-state index < -0.39 is 5.97 Å². The highest BCUT2D eigenvalue weighted by atomic mass is 79.9. The molecule has 1 heterocycles. The van der Waals surface area contributed by atoms with Gasteiger partial charge in [0, 0.05) is 12.6 Å². The fraction of sp³-hybridized carbons (Fsp3) is 0.0909. The molecule has 88 valence electrons. The molecule has 0 radical (unpaired) electrons. The van der Waals surface area contributed by atoms with E-state index >= 15 is 0 Å². The van der Waals surface area contributed by atoms with Crippen LogP contribution < -0.4 is 0 Å². The molecule has 2 aromatic rings. The number of phenols is 1. The first-order valence-corrected chi connectivity index (χ1v) is 5.54. The van der Waals surface area contributed by atoms with Gasteiger partial charge in [-0.15, -0.1) is 0 Å². The minimum absolute atomic E-state index is 0.00769. The molecule has 1 aromatic heterocycles. The largest absolute Gasteiger partial charge is 0.507 e. The molecule has 0 aliphatic rings. The zero-order valence-electron chi connectivity index (χ0n) is 8.88. The van der Waals surface area contributed by atoms with Gasteiger partial charge in [0.1, 0.15) is 5.75 Å². The van der Waals surface area contributed by atoms with Crippen LogP contribution in [0.3, 0.4) is 0 Å². The maximum atomic E-state index is 10.8. The number of nitrogens with zero attached hydrogens (tertiary/aromatic N) is 2. The molecule has 6 heteroatoms. The Morgan fingerprint density at radius 1 is 1.41 bits per heavy atom. The van der Waals surface area contributed by atoms with Crippen molar-refractivity contribution in [2.45, 2.75) is 0 Å². The van der Waals surface area contributed by atoms with Gasteiger partial charge < -0.3 is 10.2 Å². The molecule has 0 saturated heterocycles. The summed E-state index contributed by atoms with van der Waals surface area (Å²) in [5.74, 6) is -0.931. The molecule has 0 spiro atoms. The molecule has 0 fully saturated rings. The van der Waals surface area contributed by atoms with Crippen LogP contribution in [-0.4, -0.2) is 26.0 Å². The van der Waals surface area contributed by atoms with Gasteiger partial charge >= 0.3 is 5.97 Å². The van der Waals surface area contributed by atoms with Crippen molar-refractivity contribution in [3.05, 3.63) is 34.4 Å². The average Bonchev–Trinajstić information content (AvgIpc) is 2.65. The van der Waals surface area contributed by atoms with Gasteiger partial charge in [0.2, 0.25) is 0 Å². The van der Waals surface area contributed by atoms with Crippen molar-refractivity contribution in [3.8, 4) is 17.0 Å². The van der Waals surface area contributed by atoms with E-state index in [2.05, 4.69) is 21.0 Å². The Morgan fingerprint density at radius 2 is 2.12 bits per heavy atom. The lowest BCUT2D eigenvalue weighted by Gasteiger charge is -2.03. The summed E-state index contributed by atoms with van der Waals surface area (Å²) in [6.45, 7) is 0. The maximum Gasteiger partial charge on any atom is 0.356 e. The van der Waals surface area contributed by atoms with E-state index in [1.54, 1.807) is 19.2 Å². The number of aryl methyl sites for hydroxylation is 1. The number of benzene rings is 1. The van der Waals surface area contributed by atoms with Gasteiger partial charge in [-0.25, -0.2) is 4.79 Å². The predicted molar refractivity (Wildman–Crippen MR) is 65.0 cm³/mol. The highest BCUT2D eigenvalue weighted by molar-refractivity contribution is 9.10. The van der Waals surface area contributed by atoms with Crippen LogP contribution >= 0.6 is 15.9 Å². The highest BCUT2D eigenvalue weighted by Crippen LogP contribution is 2.29. The number of phenolic OH excluding ortho intramolecular Hbond substituents is 1. The lowest BCUT2D eigenvalue weighted by atomic mass is 10.1. The number of halogens is 1. The van der Waals surface area contributed by atoms with Crippen molar-refractivity contribution in [1.29, 1.82) is 0 Å². The fourth-order valence-electron chi connectivity index (χ4n) is 1.51. The number of carboxylic acids is 1. The molecule has 1 aromatic carbocycles. The van der Waals surface area contributed by atoms with Crippen LogP contribution in [0.15, 0.2) is 28.7 Å². The molecule has 0 unspecified atom stereocenters. The minimum Gasteiger partial charge on any atom is -0.507 e. The zero-order chi connectivity index (χ0) is 12.6. The number of carboxylic acid groups (broad SMARTS) is 1. The van der Waals surface area contributed by atoms with E-state index in [0.717, 1.165) is 5.56 Å². The van der Waals surface area contributed by atoms with E-state index in [9.17, 15) is 9.90 Å².